The second kappa shape index (κ2) is 46.5. The molecule has 0 rings (SSSR count). The van der Waals surface area contributed by atoms with E-state index < -0.39 is 11.9 Å². The Hall–Kier alpha value is -1.14. The third-order valence-corrected chi connectivity index (χ3v) is 11.5. The quantitative estimate of drug-likeness (QED) is 0.0456. The summed E-state index contributed by atoms with van der Waals surface area (Å²) in [6, 6.07) is 0. The van der Waals surface area contributed by atoms with Crippen molar-refractivity contribution in [3.63, 3.8) is 0 Å². The van der Waals surface area contributed by atoms with E-state index >= 15 is 0 Å². The average molecular weight is 797 g/mol. The van der Waals surface area contributed by atoms with E-state index in [4.69, 9.17) is 0 Å². The molecule has 0 amide bonds. The van der Waals surface area contributed by atoms with Gasteiger partial charge in [0.05, 0.1) is 54.4 Å². The molecule has 0 aromatic rings. The highest BCUT2D eigenvalue weighted by atomic mass is 16.4. The Morgan fingerprint density at radius 2 is 0.446 bits per heavy atom. The first-order valence-electron chi connectivity index (χ1n) is 24.9. The molecule has 0 saturated carbocycles. The first kappa shape index (κ1) is 59.2. The molecule has 0 aliphatic rings. The van der Waals surface area contributed by atoms with E-state index in [1.165, 1.54) is 241 Å². The van der Waals surface area contributed by atoms with E-state index in [9.17, 15) is 19.8 Å². The molecule has 56 heavy (non-hydrogen) atoms. The first-order valence-corrected chi connectivity index (χ1v) is 24.9. The van der Waals surface area contributed by atoms with Crippen LogP contribution in [0.2, 0.25) is 0 Å². The van der Waals surface area contributed by atoms with E-state index in [-0.39, 0.29) is 12.8 Å². The Labute approximate surface area is 352 Å². The van der Waals surface area contributed by atoms with Crippen LogP contribution in [0.3, 0.4) is 0 Å². The van der Waals surface area contributed by atoms with Crippen molar-refractivity contribution in [1.29, 1.82) is 0 Å². The van der Waals surface area contributed by atoms with Gasteiger partial charge >= 0.3 is 0 Å². The maximum Gasteiger partial charge on any atom is 0.0782 e. The van der Waals surface area contributed by atoms with Crippen molar-refractivity contribution in [3.05, 3.63) is 0 Å². The highest BCUT2D eigenvalue weighted by Crippen LogP contribution is 2.15. The van der Waals surface area contributed by atoms with E-state index in [2.05, 4.69) is 55.9 Å². The summed E-state index contributed by atoms with van der Waals surface area (Å²) in [7, 11) is 9.73. The fourth-order valence-corrected chi connectivity index (χ4v) is 7.46. The smallest absolute Gasteiger partial charge is 0.0782 e. The molecule has 0 radical (unpaired) electrons. The molecule has 6 nitrogen and oxygen atoms in total. The molecule has 0 unspecified atom stereocenters. The van der Waals surface area contributed by atoms with Gasteiger partial charge < -0.3 is 28.8 Å². The lowest BCUT2D eigenvalue weighted by molar-refractivity contribution is -0.890. The van der Waals surface area contributed by atoms with Crippen LogP contribution in [-0.2, 0) is 9.59 Å². The van der Waals surface area contributed by atoms with Gasteiger partial charge in [0.2, 0.25) is 0 Å². The Bertz CT molecular complexity index is 677. The maximum absolute atomic E-state index is 9.77. The summed E-state index contributed by atoms with van der Waals surface area (Å²) in [6.07, 6.45) is 46.6. The lowest BCUT2D eigenvalue weighted by atomic mass is 10.1. The molecule has 0 saturated heterocycles. The molecule has 0 heterocycles. The molecular formula is C50H104N2O4. The van der Waals surface area contributed by atoms with Gasteiger partial charge in [-0.1, -0.05) is 182 Å². The Balaban J connectivity index is -0.000000810. The predicted octanol–water partition coefficient (Wildman–Crippen LogP) is 12.7. The second-order valence-electron chi connectivity index (χ2n) is 18.6. The van der Waals surface area contributed by atoms with E-state index in [0.717, 1.165) is 0 Å². The number of carbonyl (C=O) groups is 2. The minimum absolute atomic E-state index is 0.0761. The summed E-state index contributed by atoms with van der Waals surface area (Å²) in [6.45, 7) is 14.7. The van der Waals surface area contributed by atoms with Crippen LogP contribution in [0.4, 0.5) is 0 Å². The molecule has 0 aromatic carbocycles. The van der Waals surface area contributed by atoms with Gasteiger partial charge in [-0.2, -0.15) is 0 Å². The predicted molar refractivity (Wildman–Crippen MR) is 243 cm³/mol. The molecule has 0 atom stereocenters. The summed E-state index contributed by atoms with van der Waals surface area (Å²) >= 11 is 0. The number of unbranched alkanes of at least 4 members (excludes halogenated alkanes) is 29. The number of hydrogen-bond acceptors (Lipinski definition) is 4. The summed E-state index contributed by atoms with van der Waals surface area (Å²) in [5.41, 5.74) is 0. The zero-order chi connectivity index (χ0) is 42.4. The van der Waals surface area contributed by atoms with Gasteiger partial charge in [0.1, 0.15) is 0 Å². The standard InChI is InChI=1S/2C22H48N.C6H10O4/c2*1-5-7-9-11-13-15-17-19-21-23(3,4)22-20-18-16-14-12-10-8-6-2;7-5(8)3-1-2-4-6(9)10/h2*5-22H2,1-4H3;1-4H2,(H,7,8)(H,9,10)/q2*+1;/p-2. The highest BCUT2D eigenvalue weighted by molar-refractivity contribution is 5.65. The number of quaternary nitrogens is 2. The Morgan fingerprint density at radius 3 is 0.607 bits per heavy atom. The number of rotatable bonds is 41. The van der Waals surface area contributed by atoms with Crippen LogP contribution in [-0.4, -0.2) is 75.3 Å². The van der Waals surface area contributed by atoms with Gasteiger partial charge in [0, 0.05) is 11.9 Å². The number of hydrogen-bond donors (Lipinski definition) is 0. The van der Waals surface area contributed by atoms with Gasteiger partial charge in [0.15, 0.2) is 0 Å². The largest absolute Gasteiger partial charge is 0.550 e. The van der Waals surface area contributed by atoms with E-state index in [0.29, 0.717) is 12.8 Å². The summed E-state index contributed by atoms with van der Waals surface area (Å²) in [5.74, 6) is -2.28. The van der Waals surface area contributed by atoms with Crippen molar-refractivity contribution in [1.82, 2.24) is 0 Å². The van der Waals surface area contributed by atoms with Gasteiger partial charge in [0.25, 0.3) is 0 Å². The summed E-state index contributed by atoms with van der Waals surface area (Å²) in [4.78, 5) is 19.5. The number of carboxylic acids is 2. The van der Waals surface area contributed by atoms with E-state index in [1.54, 1.807) is 0 Å². The zero-order valence-corrected chi connectivity index (χ0v) is 39.8. The molecule has 338 valence electrons. The highest BCUT2D eigenvalue weighted by Gasteiger charge is 2.14. The van der Waals surface area contributed by atoms with Crippen LogP contribution in [0, 0.1) is 0 Å². The molecule has 0 N–H and O–H groups in total. The van der Waals surface area contributed by atoms with Gasteiger partial charge in [-0.05, 0) is 77.0 Å². The van der Waals surface area contributed by atoms with Crippen LogP contribution >= 0.6 is 0 Å². The molecule has 6 heteroatoms. The monoisotopic (exact) mass is 797 g/mol. The van der Waals surface area contributed by atoms with Gasteiger partial charge in [-0.15, -0.1) is 0 Å². The normalized spacial score (nSPS) is 11.5. The molecule has 0 fully saturated rings. The van der Waals surface area contributed by atoms with Crippen molar-refractivity contribution in [2.24, 2.45) is 0 Å². The van der Waals surface area contributed by atoms with Crippen molar-refractivity contribution in [2.45, 2.75) is 259 Å². The summed E-state index contributed by atoms with van der Waals surface area (Å²) < 4.78 is 2.48. The molecular weight excluding hydrogens is 693 g/mol. The number of carbonyl (C=O) groups excluding carboxylic acids is 2. The maximum atomic E-state index is 9.77. The fourth-order valence-electron chi connectivity index (χ4n) is 7.46. The Kier molecular flexibility index (Phi) is 49.2. The summed E-state index contributed by atoms with van der Waals surface area (Å²) in [5, 5.41) is 19.5. The van der Waals surface area contributed by atoms with Crippen molar-refractivity contribution in [3.8, 4) is 0 Å². The zero-order valence-electron chi connectivity index (χ0n) is 39.8. The second-order valence-corrected chi connectivity index (χ2v) is 18.6. The van der Waals surface area contributed by atoms with E-state index in [1.807, 2.05) is 0 Å². The number of aliphatic carboxylic acids is 2. The van der Waals surface area contributed by atoms with Crippen LogP contribution in [0.25, 0.3) is 0 Å². The van der Waals surface area contributed by atoms with Crippen LogP contribution in [0.1, 0.15) is 259 Å². The molecule has 0 bridgehead atoms. The minimum atomic E-state index is -1.14. The third-order valence-electron chi connectivity index (χ3n) is 11.5. The number of carboxylic acid groups (broad SMARTS) is 2. The van der Waals surface area contributed by atoms with Crippen LogP contribution < -0.4 is 10.2 Å². The van der Waals surface area contributed by atoms with Crippen molar-refractivity contribution >= 4 is 11.9 Å². The lowest BCUT2D eigenvalue weighted by Gasteiger charge is -2.30. The molecule has 0 aromatic heterocycles. The van der Waals surface area contributed by atoms with Crippen molar-refractivity contribution in [2.75, 3.05) is 54.4 Å². The van der Waals surface area contributed by atoms with Gasteiger partial charge in [-0.25, -0.2) is 0 Å². The van der Waals surface area contributed by atoms with Crippen LogP contribution in [0.5, 0.6) is 0 Å². The molecule has 0 aliphatic carbocycles. The fraction of sp³-hybridized carbons (Fsp3) is 0.960. The number of nitrogens with zero attached hydrogens (tertiary/aromatic N) is 2. The average Bonchev–Trinajstić information content (AvgIpc) is 3.15. The molecule has 0 spiro atoms. The molecule has 0 aliphatic heterocycles. The van der Waals surface area contributed by atoms with Gasteiger partial charge in [-0.3, -0.25) is 0 Å². The first-order chi connectivity index (χ1) is 26.9. The van der Waals surface area contributed by atoms with Crippen LogP contribution in [0.15, 0.2) is 0 Å². The SMILES string of the molecule is CCCCCCCCCC[N+](C)(C)CCCCCCCCCC.CCCCCCCCCC[N+](C)(C)CCCCCCCCCC.O=C([O-])CCCCC(=O)[O-]. The lowest BCUT2D eigenvalue weighted by Crippen LogP contribution is -2.41. The minimum Gasteiger partial charge on any atom is -0.550 e. The third kappa shape index (κ3) is 57.2. The Morgan fingerprint density at radius 1 is 0.286 bits per heavy atom. The van der Waals surface area contributed by atoms with Crippen molar-refractivity contribution < 1.29 is 28.8 Å². The topological polar surface area (TPSA) is 80.3 Å².